The minimum Gasteiger partial charge on any atom is -0.378 e. The maximum atomic E-state index is 13.5. The first kappa shape index (κ1) is 18.2. The van der Waals surface area contributed by atoms with Crippen LogP contribution in [0.15, 0.2) is 27.7 Å². The van der Waals surface area contributed by atoms with E-state index in [0.717, 1.165) is 55.1 Å². The Kier molecular flexibility index (Phi) is 7.30. The fraction of sp³-hybridized carbons (Fsp3) is 0.588. The molecule has 0 unspecified atom stereocenters. The first-order chi connectivity index (χ1) is 11.1. The number of piperidine rings is 1. The van der Waals surface area contributed by atoms with Gasteiger partial charge in [-0.2, -0.15) is 0 Å². The summed E-state index contributed by atoms with van der Waals surface area (Å²) >= 11 is 3.32. The second-order valence-corrected chi connectivity index (χ2v) is 6.51. The molecule has 0 saturated carbocycles. The molecule has 1 aliphatic heterocycles. The molecular weight excluding hydrogens is 361 g/mol. The fourth-order valence-electron chi connectivity index (χ4n) is 2.76. The summed E-state index contributed by atoms with van der Waals surface area (Å²) in [6.07, 6.45) is 2.39. The lowest BCUT2D eigenvalue weighted by Gasteiger charge is -2.34. The molecule has 0 aliphatic carbocycles. The molecule has 1 fully saturated rings. The van der Waals surface area contributed by atoms with E-state index in [1.807, 2.05) is 13.0 Å². The van der Waals surface area contributed by atoms with Gasteiger partial charge in [0.2, 0.25) is 0 Å². The van der Waals surface area contributed by atoms with E-state index >= 15 is 0 Å². The van der Waals surface area contributed by atoms with Crippen LogP contribution in [0.1, 0.15) is 32.3 Å². The maximum absolute atomic E-state index is 13.5. The number of likely N-dealkylation sites (tertiary alicyclic amines) is 1. The van der Waals surface area contributed by atoms with Crippen LogP contribution in [0.5, 0.6) is 0 Å². The average Bonchev–Trinajstić information content (AvgIpc) is 2.52. The summed E-state index contributed by atoms with van der Waals surface area (Å²) in [5, 5.41) is 3.33. The van der Waals surface area contributed by atoms with E-state index in [1.54, 1.807) is 0 Å². The lowest BCUT2D eigenvalue weighted by Crippen LogP contribution is -2.47. The summed E-state index contributed by atoms with van der Waals surface area (Å²) in [4.78, 5) is 6.92. The lowest BCUT2D eigenvalue weighted by molar-refractivity contribution is 0.0263. The van der Waals surface area contributed by atoms with Crippen molar-refractivity contribution in [3.8, 4) is 0 Å². The van der Waals surface area contributed by atoms with Crippen LogP contribution in [0, 0.1) is 5.82 Å². The third kappa shape index (κ3) is 5.77. The van der Waals surface area contributed by atoms with Crippen LogP contribution in [-0.2, 0) is 11.3 Å². The van der Waals surface area contributed by atoms with E-state index < -0.39 is 0 Å². The minimum atomic E-state index is -0.243. The Morgan fingerprint density at radius 3 is 2.70 bits per heavy atom. The van der Waals surface area contributed by atoms with Gasteiger partial charge in [-0.25, -0.2) is 9.38 Å². The Hall–Kier alpha value is -1.14. The molecule has 2 rings (SSSR count). The van der Waals surface area contributed by atoms with Crippen molar-refractivity contribution < 1.29 is 9.13 Å². The number of nitrogens with one attached hydrogen (secondary N) is 1. The number of benzene rings is 1. The summed E-state index contributed by atoms with van der Waals surface area (Å²) in [6.45, 7) is 8.01. The third-order valence-corrected chi connectivity index (χ3v) is 4.27. The van der Waals surface area contributed by atoms with Crippen molar-refractivity contribution in [2.24, 2.45) is 4.99 Å². The van der Waals surface area contributed by atoms with Gasteiger partial charge < -0.3 is 15.0 Å². The molecule has 23 heavy (non-hydrogen) atoms. The Balaban J connectivity index is 2.00. The molecule has 0 bridgehead atoms. The van der Waals surface area contributed by atoms with Crippen LogP contribution in [0.25, 0.3) is 0 Å². The highest BCUT2D eigenvalue weighted by molar-refractivity contribution is 9.10. The molecule has 4 nitrogen and oxygen atoms in total. The van der Waals surface area contributed by atoms with Crippen LogP contribution in [0.3, 0.4) is 0 Å². The second kappa shape index (κ2) is 9.23. The summed E-state index contributed by atoms with van der Waals surface area (Å²) in [5.74, 6) is 0.648. The van der Waals surface area contributed by atoms with E-state index in [2.05, 4.69) is 38.1 Å². The van der Waals surface area contributed by atoms with Gasteiger partial charge in [0.25, 0.3) is 0 Å². The Morgan fingerprint density at radius 1 is 1.35 bits per heavy atom. The molecule has 0 spiro atoms. The predicted molar refractivity (Wildman–Crippen MR) is 95.1 cm³/mol. The van der Waals surface area contributed by atoms with Crippen LogP contribution in [0.2, 0.25) is 0 Å². The normalized spacial score (nSPS) is 16.7. The van der Waals surface area contributed by atoms with Gasteiger partial charge in [0.05, 0.1) is 12.6 Å². The zero-order valence-electron chi connectivity index (χ0n) is 13.8. The zero-order valence-corrected chi connectivity index (χ0v) is 15.4. The van der Waals surface area contributed by atoms with Gasteiger partial charge in [-0.1, -0.05) is 15.9 Å². The molecule has 0 aromatic heterocycles. The quantitative estimate of drug-likeness (QED) is 0.621. The average molecular weight is 386 g/mol. The molecule has 1 aromatic rings. The highest BCUT2D eigenvalue weighted by Crippen LogP contribution is 2.17. The first-order valence-electron chi connectivity index (χ1n) is 8.22. The number of rotatable bonds is 5. The molecule has 1 aromatic carbocycles. The number of ether oxygens (including phenoxy) is 1. The van der Waals surface area contributed by atoms with Gasteiger partial charge in [-0.05, 0) is 50.5 Å². The van der Waals surface area contributed by atoms with Crippen LogP contribution >= 0.6 is 15.9 Å². The smallest absolute Gasteiger partial charge is 0.194 e. The Bertz CT molecular complexity index is 510. The highest BCUT2D eigenvalue weighted by Gasteiger charge is 2.21. The number of hydrogen-bond donors (Lipinski definition) is 1. The summed E-state index contributed by atoms with van der Waals surface area (Å²) in [6, 6.07) is 4.88. The van der Waals surface area contributed by atoms with Crippen molar-refractivity contribution in [1.29, 1.82) is 0 Å². The van der Waals surface area contributed by atoms with E-state index in [1.165, 1.54) is 12.1 Å². The molecule has 1 heterocycles. The molecule has 0 atom stereocenters. The minimum absolute atomic E-state index is 0.243. The number of aliphatic imine (C=N–C) groups is 1. The molecule has 128 valence electrons. The fourth-order valence-corrected chi connectivity index (χ4v) is 3.28. The standard InChI is InChI=1S/C17H25BrFN3O/c1-3-20-17(22-7-5-16(6-8-22)23-4-2)21-12-13-9-14(18)11-15(19)10-13/h9-11,16H,3-8,12H2,1-2H3,(H,20,21). The van der Waals surface area contributed by atoms with Crippen LogP contribution in [0.4, 0.5) is 4.39 Å². The second-order valence-electron chi connectivity index (χ2n) is 5.59. The number of nitrogens with zero attached hydrogens (tertiary/aromatic N) is 2. The van der Waals surface area contributed by atoms with Crippen molar-refractivity contribution in [3.63, 3.8) is 0 Å². The van der Waals surface area contributed by atoms with Crippen LogP contribution < -0.4 is 5.32 Å². The Morgan fingerprint density at radius 2 is 2.09 bits per heavy atom. The van der Waals surface area contributed by atoms with E-state index in [0.29, 0.717) is 12.6 Å². The predicted octanol–water partition coefficient (Wildman–Crippen LogP) is 3.55. The molecule has 1 saturated heterocycles. The van der Waals surface area contributed by atoms with E-state index in [4.69, 9.17) is 4.74 Å². The van der Waals surface area contributed by atoms with Gasteiger partial charge in [-0.15, -0.1) is 0 Å². The molecular formula is C17H25BrFN3O. The van der Waals surface area contributed by atoms with Gasteiger partial charge in [0.1, 0.15) is 5.82 Å². The molecule has 0 amide bonds. The van der Waals surface area contributed by atoms with Gasteiger partial charge in [-0.3, -0.25) is 0 Å². The van der Waals surface area contributed by atoms with Gasteiger partial charge in [0, 0.05) is 30.7 Å². The van der Waals surface area contributed by atoms with Crippen molar-refractivity contribution in [1.82, 2.24) is 10.2 Å². The van der Waals surface area contributed by atoms with Crippen molar-refractivity contribution in [3.05, 3.63) is 34.1 Å². The summed E-state index contributed by atoms with van der Waals surface area (Å²) < 4.78 is 19.9. The molecule has 0 radical (unpaired) electrons. The Labute approximate surface area is 146 Å². The molecule has 1 aliphatic rings. The summed E-state index contributed by atoms with van der Waals surface area (Å²) in [7, 11) is 0. The summed E-state index contributed by atoms with van der Waals surface area (Å²) in [5.41, 5.74) is 0.858. The number of halogens is 2. The van der Waals surface area contributed by atoms with Crippen molar-refractivity contribution >= 4 is 21.9 Å². The van der Waals surface area contributed by atoms with E-state index in [9.17, 15) is 4.39 Å². The molecule has 6 heteroatoms. The van der Waals surface area contributed by atoms with E-state index in [-0.39, 0.29) is 5.82 Å². The first-order valence-corrected chi connectivity index (χ1v) is 9.01. The van der Waals surface area contributed by atoms with Crippen molar-refractivity contribution in [2.75, 3.05) is 26.2 Å². The van der Waals surface area contributed by atoms with Gasteiger partial charge >= 0.3 is 0 Å². The van der Waals surface area contributed by atoms with Gasteiger partial charge in [0.15, 0.2) is 5.96 Å². The third-order valence-electron chi connectivity index (χ3n) is 3.81. The van der Waals surface area contributed by atoms with Crippen LogP contribution in [-0.4, -0.2) is 43.2 Å². The lowest BCUT2D eigenvalue weighted by atomic mass is 10.1. The maximum Gasteiger partial charge on any atom is 0.194 e. The van der Waals surface area contributed by atoms with Crippen molar-refractivity contribution in [2.45, 2.75) is 39.3 Å². The monoisotopic (exact) mass is 385 g/mol. The molecule has 1 N–H and O–H groups in total. The largest absolute Gasteiger partial charge is 0.378 e. The number of guanidine groups is 1. The topological polar surface area (TPSA) is 36.9 Å². The highest BCUT2D eigenvalue weighted by atomic mass is 79.9. The number of hydrogen-bond acceptors (Lipinski definition) is 2. The zero-order chi connectivity index (χ0) is 16.7. The SMILES string of the molecule is CCNC(=NCc1cc(F)cc(Br)c1)N1CCC(OCC)CC1.